The third kappa shape index (κ3) is 5.17. The van der Waals surface area contributed by atoms with Crippen molar-refractivity contribution in [3.05, 3.63) is 69.8 Å². The zero-order chi connectivity index (χ0) is 17.6. The highest BCUT2D eigenvalue weighted by Crippen LogP contribution is 2.26. The maximum atomic E-state index is 6.36. The Kier molecular flexibility index (Phi) is 8.30. The summed E-state index contributed by atoms with van der Waals surface area (Å²) in [5.74, 6) is 0. The number of halogens is 3. The van der Waals surface area contributed by atoms with Gasteiger partial charge in [0, 0.05) is 40.2 Å². The molecule has 0 bridgehead atoms. The van der Waals surface area contributed by atoms with E-state index in [1.807, 2.05) is 12.1 Å². The fraction of sp³-hybridized carbons (Fsp3) is 0.333. The Bertz CT molecular complexity index is 842. The molecule has 0 radical (unpaired) electrons. The minimum Gasteiger partial charge on any atom is -0.343 e. The molecule has 0 amide bonds. The number of rotatable bonds is 8. The first-order chi connectivity index (χ1) is 12.2. The van der Waals surface area contributed by atoms with Gasteiger partial charge in [0.25, 0.3) is 0 Å². The molecule has 0 spiro atoms. The van der Waals surface area contributed by atoms with Gasteiger partial charge in [-0.05, 0) is 42.3 Å². The van der Waals surface area contributed by atoms with Crippen molar-refractivity contribution in [3.63, 3.8) is 0 Å². The average molecular weight is 412 g/mol. The van der Waals surface area contributed by atoms with Crippen molar-refractivity contribution in [3.8, 4) is 0 Å². The minimum absolute atomic E-state index is 0. The molecule has 0 atom stereocenters. The largest absolute Gasteiger partial charge is 0.343 e. The molecular weight excluding hydrogens is 387 g/mol. The van der Waals surface area contributed by atoms with Gasteiger partial charge in [-0.1, -0.05) is 67.2 Å². The van der Waals surface area contributed by atoms with Crippen molar-refractivity contribution in [2.45, 2.75) is 39.3 Å². The normalized spacial score (nSPS) is 10.9. The Morgan fingerprint density at radius 1 is 1.00 bits per heavy atom. The maximum Gasteiger partial charge on any atom is 0.0491 e. The molecule has 1 N–H and O–H groups in total. The average Bonchev–Trinajstić information content (AvgIpc) is 2.95. The molecule has 3 rings (SSSR count). The van der Waals surface area contributed by atoms with Crippen LogP contribution in [0.2, 0.25) is 10.0 Å². The number of nitrogens with zero attached hydrogens (tertiary/aromatic N) is 1. The van der Waals surface area contributed by atoms with Crippen LogP contribution in [0.5, 0.6) is 0 Å². The van der Waals surface area contributed by atoms with E-state index in [2.05, 4.69) is 47.3 Å². The monoisotopic (exact) mass is 410 g/mol. The van der Waals surface area contributed by atoms with Gasteiger partial charge in [0.15, 0.2) is 0 Å². The summed E-state index contributed by atoms with van der Waals surface area (Å²) in [7, 11) is 0. The van der Waals surface area contributed by atoms with Gasteiger partial charge in [-0.2, -0.15) is 0 Å². The van der Waals surface area contributed by atoms with Gasteiger partial charge in [0.05, 0.1) is 0 Å². The first-order valence-electron chi connectivity index (χ1n) is 8.90. The lowest BCUT2D eigenvalue weighted by Gasteiger charge is -2.08. The minimum atomic E-state index is 0. The Balaban J connectivity index is 0.00000243. The predicted octanol–water partition coefficient (Wildman–Crippen LogP) is 6.70. The van der Waals surface area contributed by atoms with Crippen molar-refractivity contribution in [2.75, 3.05) is 6.54 Å². The van der Waals surface area contributed by atoms with E-state index >= 15 is 0 Å². The van der Waals surface area contributed by atoms with E-state index in [0.29, 0.717) is 10.0 Å². The number of benzene rings is 2. The van der Waals surface area contributed by atoms with Crippen LogP contribution in [0, 0.1) is 0 Å². The molecule has 0 aliphatic heterocycles. The van der Waals surface area contributed by atoms with Crippen molar-refractivity contribution in [1.29, 1.82) is 0 Å². The predicted molar refractivity (Wildman–Crippen MR) is 116 cm³/mol. The van der Waals surface area contributed by atoms with Crippen LogP contribution >= 0.6 is 35.6 Å². The summed E-state index contributed by atoms with van der Waals surface area (Å²) in [5, 5.41) is 6.25. The van der Waals surface area contributed by atoms with Gasteiger partial charge in [-0.15, -0.1) is 12.4 Å². The van der Waals surface area contributed by atoms with Crippen LogP contribution in [0.1, 0.15) is 37.3 Å². The second-order valence-electron chi connectivity index (χ2n) is 6.42. The number of unbranched alkanes of at least 4 members (excludes halogenated alkanes) is 2. The second kappa shape index (κ2) is 10.2. The number of hydrogen-bond acceptors (Lipinski definition) is 1. The van der Waals surface area contributed by atoms with E-state index in [-0.39, 0.29) is 12.4 Å². The van der Waals surface area contributed by atoms with E-state index in [1.165, 1.54) is 35.7 Å². The Labute approximate surface area is 171 Å². The molecular formula is C21H25Cl3N2. The van der Waals surface area contributed by atoms with Gasteiger partial charge >= 0.3 is 0 Å². The molecule has 0 saturated carbocycles. The molecule has 3 aromatic rings. The smallest absolute Gasteiger partial charge is 0.0491 e. The highest BCUT2D eigenvalue weighted by atomic mass is 35.5. The molecule has 1 aromatic heterocycles. The molecule has 0 aliphatic carbocycles. The van der Waals surface area contributed by atoms with Gasteiger partial charge in [-0.25, -0.2) is 0 Å². The summed E-state index contributed by atoms with van der Waals surface area (Å²) in [6, 6.07) is 14.2. The number of fused-ring (bicyclic) bond motifs is 1. The lowest BCUT2D eigenvalue weighted by atomic mass is 10.1. The highest BCUT2D eigenvalue weighted by molar-refractivity contribution is 6.35. The van der Waals surface area contributed by atoms with Crippen LogP contribution in [-0.2, 0) is 13.1 Å². The highest BCUT2D eigenvalue weighted by Gasteiger charge is 2.10. The lowest BCUT2D eigenvalue weighted by Crippen LogP contribution is -2.14. The SMILES string of the molecule is CCCCCNCc1cn(Cc2ccc(Cl)cc2Cl)c2ccccc12.Cl. The molecule has 0 saturated heterocycles. The first kappa shape index (κ1) is 21.1. The molecule has 0 unspecified atom stereocenters. The van der Waals surface area contributed by atoms with E-state index in [1.54, 1.807) is 6.07 Å². The lowest BCUT2D eigenvalue weighted by molar-refractivity contribution is 0.617. The van der Waals surface area contributed by atoms with Gasteiger partial charge in [-0.3, -0.25) is 0 Å². The third-order valence-electron chi connectivity index (χ3n) is 4.50. The summed E-state index contributed by atoms with van der Waals surface area (Å²) >= 11 is 12.4. The Morgan fingerprint density at radius 2 is 1.81 bits per heavy atom. The summed E-state index contributed by atoms with van der Waals surface area (Å²) in [4.78, 5) is 0. The molecule has 1 heterocycles. The quantitative estimate of drug-likeness (QED) is 0.408. The summed E-state index contributed by atoms with van der Waals surface area (Å²) < 4.78 is 2.27. The molecule has 140 valence electrons. The van der Waals surface area contributed by atoms with Crippen molar-refractivity contribution in [2.24, 2.45) is 0 Å². The zero-order valence-corrected chi connectivity index (χ0v) is 17.3. The van der Waals surface area contributed by atoms with Crippen LogP contribution in [-0.4, -0.2) is 11.1 Å². The van der Waals surface area contributed by atoms with Crippen molar-refractivity contribution in [1.82, 2.24) is 9.88 Å². The van der Waals surface area contributed by atoms with Crippen LogP contribution in [0.3, 0.4) is 0 Å². The van der Waals surface area contributed by atoms with Crippen molar-refractivity contribution >= 4 is 46.5 Å². The summed E-state index contributed by atoms with van der Waals surface area (Å²) in [6.45, 7) is 4.93. The molecule has 0 aliphatic rings. The number of hydrogen-bond donors (Lipinski definition) is 1. The Morgan fingerprint density at radius 3 is 2.58 bits per heavy atom. The van der Waals surface area contributed by atoms with E-state index in [9.17, 15) is 0 Å². The van der Waals surface area contributed by atoms with E-state index in [0.717, 1.165) is 25.2 Å². The summed E-state index contributed by atoms with van der Waals surface area (Å²) in [6.07, 6.45) is 6.00. The number of para-hydroxylation sites is 1. The van der Waals surface area contributed by atoms with E-state index in [4.69, 9.17) is 23.2 Å². The molecule has 5 heteroatoms. The van der Waals surface area contributed by atoms with Crippen molar-refractivity contribution < 1.29 is 0 Å². The van der Waals surface area contributed by atoms with Crippen LogP contribution in [0.4, 0.5) is 0 Å². The summed E-state index contributed by atoms with van der Waals surface area (Å²) in [5.41, 5.74) is 3.64. The van der Waals surface area contributed by atoms with Gasteiger partial charge in [0.1, 0.15) is 0 Å². The Hall–Kier alpha value is -1.19. The van der Waals surface area contributed by atoms with Crippen LogP contribution in [0.15, 0.2) is 48.7 Å². The van der Waals surface area contributed by atoms with Gasteiger partial charge < -0.3 is 9.88 Å². The third-order valence-corrected chi connectivity index (χ3v) is 5.09. The first-order valence-corrected chi connectivity index (χ1v) is 9.66. The molecule has 26 heavy (non-hydrogen) atoms. The molecule has 0 fully saturated rings. The fourth-order valence-corrected chi connectivity index (χ4v) is 3.62. The zero-order valence-electron chi connectivity index (χ0n) is 15.0. The van der Waals surface area contributed by atoms with E-state index < -0.39 is 0 Å². The van der Waals surface area contributed by atoms with Gasteiger partial charge in [0.2, 0.25) is 0 Å². The maximum absolute atomic E-state index is 6.36. The fourth-order valence-electron chi connectivity index (χ4n) is 3.15. The number of aromatic nitrogens is 1. The second-order valence-corrected chi connectivity index (χ2v) is 7.26. The van der Waals surface area contributed by atoms with Crippen LogP contribution < -0.4 is 5.32 Å². The molecule has 2 nitrogen and oxygen atoms in total. The topological polar surface area (TPSA) is 17.0 Å². The standard InChI is InChI=1S/C21H24Cl2N2.ClH/c1-2-3-6-11-24-13-17-15-25(21-8-5-4-7-19(17)21)14-16-9-10-18(22)12-20(16)23;/h4-5,7-10,12,15,24H,2-3,6,11,13-14H2,1H3;1H. The number of nitrogens with one attached hydrogen (secondary N) is 1. The molecule has 2 aromatic carbocycles. The van der Waals surface area contributed by atoms with Crippen LogP contribution in [0.25, 0.3) is 10.9 Å².